The molecule has 1 aromatic rings. The lowest BCUT2D eigenvalue weighted by Crippen LogP contribution is -2.17. The highest BCUT2D eigenvalue weighted by Crippen LogP contribution is 2.25. The summed E-state index contributed by atoms with van der Waals surface area (Å²) in [5.41, 5.74) is 2.38. The van der Waals surface area contributed by atoms with Crippen LogP contribution in [0, 0.1) is 0 Å². The fourth-order valence-electron chi connectivity index (χ4n) is 1.18. The van der Waals surface area contributed by atoms with Crippen LogP contribution in [0.5, 0.6) is 0 Å². The Morgan fingerprint density at radius 1 is 1.46 bits per heavy atom. The van der Waals surface area contributed by atoms with E-state index in [4.69, 9.17) is 11.6 Å². The van der Waals surface area contributed by atoms with Crippen LogP contribution >= 0.6 is 27.5 Å². The van der Waals surface area contributed by atoms with Crippen molar-refractivity contribution in [3.63, 3.8) is 0 Å². The summed E-state index contributed by atoms with van der Waals surface area (Å²) >= 11 is 9.30. The lowest BCUT2D eigenvalue weighted by Gasteiger charge is -2.20. The van der Waals surface area contributed by atoms with E-state index in [0.717, 1.165) is 11.0 Å². The topological polar surface area (TPSA) is 3.24 Å². The van der Waals surface area contributed by atoms with E-state index in [2.05, 4.69) is 46.9 Å². The normalized spacial score (nSPS) is 10.2. The Morgan fingerprint density at radius 2 is 2.15 bits per heavy atom. The van der Waals surface area contributed by atoms with E-state index in [0.29, 0.717) is 5.88 Å². The second kappa shape index (κ2) is 4.87. The standard InChI is InChI=1S/C10H13BrClN/c1-3-13(2)10-6-9(11)5-4-8(10)7-12/h4-6H,3,7H2,1-2H3. The van der Waals surface area contributed by atoms with Crippen molar-refractivity contribution in [1.29, 1.82) is 0 Å². The molecule has 0 saturated heterocycles. The van der Waals surface area contributed by atoms with Crippen molar-refractivity contribution in [1.82, 2.24) is 0 Å². The molecule has 0 heterocycles. The van der Waals surface area contributed by atoms with Gasteiger partial charge in [0.05, 0.1) is 0 Å². The largest absolute Gasteiger partial charge is 0.375 e. The monoisotopic (exact) mass is 261 g/mol. The Balaban J connectivity index is 3.07. The first-order valence-corrected chi connectivity index (χ1v) is 5.57. The molecule has 13 heavy (non-hydrogen) atoms. The lowest BCUT2D eigenvalue weighted by molar-refractivity contribution is 0.958. The predicted molar refractivity (Wildman–Crippen MR) is 62.6 cm³/mol. The van der Waals surface area contributed by atoms with Gasteiger partial charge in [0.2, 0.25) is 0 Å². The van der Waals surface area contributed by atoms with Crippen molar-refractivity contribution < 1.29 is 0 Å². The second-order valence-electron chi connectivity index (χ2n) is 2.92. The molecule has 0 unspecified atom stereocenters. The molecule has 0 aliphatic rings. The first-order chi connectivity index (χ1) is 6.19. The van der Waals surface area contributed by atoms with Crippen LogP contribution in [0.2, 0.25) is 0 Å². The van der Waals surface area contributed by atoms with Gasteiger partial charge in [0.15, 0.2) is 0 Å². The van der Waals surface area contributed by atoms with Gasteiger partial charge in [-0.3, -0.25) is 0 Å². The van der Waals surface area contributed by atoms with Crippen LogP contribution in [0.4, 0.5) is 5.69 Å². The molecular weight excluding hydrogens is 249 g/mol. The van der Waals surface area contributed by atoms with Crippen LogP contribution in [-0.4, -0.2) is 13.6 Å². The zero-order valence-corrected chi connectivity index (χ0v) is 10.2. The molecular formula is C10H13BrClN. The highest BCUT2D eigenvalue weighted by Gasteiger charge is 2.05. The van der Waals surface area contributed by atoms with Gasteiger partial charge in [0.25, 0.3) is 0 Å². The molecule has 0 aliphatic carbocycles. The molecule has 1 nitrogen and oxygen atoms in total. The third-order valence-corrected chi connectivity index (χ3v) is 2.86. The zero-order valence-electron chi connectivity index (χ0n) is 7.85. The van der Waals surface area contributed by atoms with E-state index >= 15 is 0 Å². The third-order valence-electron chi connectivity index (χ3n) is 2.08. The van der Waals surface area contributed by atoms with Gasteiger partial charge >= 0.3 is 0 Å². The van der Waals surface area contributed by atoms with Crippen molar-refractivity contribution in [3.05, 3.63) is 28.2 Å². The van der Waals surface area contributed by atoms with Crippen molar-refractivity contribution >= 4 is 33.2 Å². The first kappa shape index (κ1) is 10.9. The number of halogens is 2. The average Bonchev–Trinajstić information content (AvgIpc) is 2.16. The maximum atomic E-state index is 5.84. The van der Waals surface area contributed by atoms with E-state index in [1.165, 1.54) is 11.3 Å². The zero-order chi connectivity index (χ0) is 9.84. The van der Waals surface area contributed by atoms with Crippen molar-refractivity contribution in [3.8, 4) is 0 Å². The van der Waals surface area contributed by atoms with Crippen LogP contribution in [-0.2, 0) is 5.88 Å². The molecule has 0 aromatic heterocycles. The number of benzene rings is 1. The second-order valence-corrected chi connectivity index (χ2v) is 4.10. The minimum Gasteiger partial charge on any atom is -0.375 e. The van der Waals surface area contributed by atoms with Gasteiger partial charge in [-0.2, -0.15) is 0 Å². The third kappa shape index (κ3) is 2.61. The summed E-state index contributed by atoms with van der Waals surface area (Å²) in [5.74, 6) is 0.562. The molecule has 0 aliphatic heterocycles. The van der Waals surface area contributed by atoms with Gasteiger partial charge in [-0.25, -0.2) is 0 Å². The predicted octanol–water partition coefficient (Wildman–Crippen LogP) is 3.64. The number of alkyl halides is 1. The molecule has 0 spiro atoms. The maximum absolute atomic E-state index is 5.84. The Labute approximate surface area is 92.8 Å². The highest BCUT2D eigenvalue weighted by atomic mass is 79.9. The summed E-state index contributed by atoms with van der Waals surface area (Å²) in [6.45, 7) is 3.11. The number of rotatable bonds is 3. The summed E-state index contributed by atoms with van der Waals surface area (Å²) in [6, 6.07) is 6.17. The van der Waals surface area contributed by atoms with Crippen LogP contribution in [0.1, 0.15) is 12.5 Å². The van der Waals surface area contributed by atoms with Gasteiger partial charge in [-0.05, 0) is 24.6 Å². The molecule has 0 bridgehead atoms. The van der Waals surface area contributed by atoms with E-state index in [9.17, 15) is 0 Å². The number of hydrogen-bond donors (Lipinski definition) is 0. The van der Waals surface area contributed by atoms with Gasteiger partial charge in [0, 0.05) is 29.6 Å². The SMILES string of the molecule is CCN(C)c1cc(Br)ccc1CCl. The summed E-state index contributed by atoms with van der Waals surface area (Å²) in [6.07, 6.45) is 0. The van der Waals surface area contributed by atoms with E-state index in [1.54, 1.807) is 0 Å². The van der Waals surface area contributed by atoms with Crippen molar-refractivity contribution in [2.45, 2.75) is 12.8 Å². The molecule has 72 valence electrons. The first-order valence-electron chi connectivity index (χ1n) is 4.24. The summed E-state index contributed by atoms with van der Waals surface area (Å²) in [5, 5.41) is 0. The Bertz CT molecular complexity index is 288. The van der Waals surface area contributed by atoms with Crippen LogP contribution in [0.25, 0.3) is 0 Å². The summed E-state index contributed by atoms with van der Waals surface area (Å²) in [7, 11) is 2.07. The minimum absolute atomic E-state index is 0.562. The smallest absolute Gasteiger partial charge is 0.0494 e. The quantitative estimate of drug-likeness (QED) is 0.752. The Hall–Kier alpha value is -0.210. The fraction of sp³-hybridized carbons (Fsp3) is 0.400. The number of nitrogens with zero attached hydrogens (tertiary/aromatic N) is 1. The lowest BCUT2D eigenvalue weighted by atomic mass is 10.2. The van der Waals surface area contributed by atoms with Gasteiger partial charge in [-0.15, -0.1) is 11.6 Å². The molecule has 1 aromatic carbocycles. The molecule has 0 fully saturated rings. The highest BCUT2D eigenvalue weighted by molar-refractivity contribution is 9.10. The minimum atomic E-state index is 0.562. The molecule has 0 N–H and O–H groups in total. The maximum Gasteiger partial charge on any atom is 0.0494 e. The number of hydrogen-bond acceptors (Lipinski definition) is 1. The van der Waals surface area contributed by atoms with Crippen molar-refractivity contribution in [2.75, 3.05) is 18.5 Å². The molecule has 0 amide bonds. The molecule has 3 heteroatoms. The Kier molecular flexibility index (Phi) is 4.07. The van der Waals surface area contributed by atoms with Crippen LogP contribution in [0.3, 0.4) is 0 Å². The molecule has 1 rings (SSSR count). The van der Waals surface area contributed by atoms with E-state index in [1.807, 2.05) is 6.07 Å². The van der Waals surface area contributed by atoms with Gasteiger partial charge in [0.1, 0.15) is 0 Å². The fourth-order valence-corrected chi connectivity index (χ4v) is 1.75. The Morgan fingerprint density at radius 3 is 2.69 bits per heavy atom. The average molecular weight is 263 g/mol. The van der Waals surface area contributed by atoms with Gasteiger partial charge < -0.3 is 4.90 Å². The van der Waals surface area contributed by atoms with E-state index < -0.39 is 0 Å². The van der Waals surface area contributed by atoms with E-state index in [-0.39, 0.29) is 0 Å². The molecule has 0 saturated carbocycles. The summed E-state index contributed by atoms with van der Waals surface area (Å²) < 4.78 is 1.09. The van der Waals surface area contributed by atoms with Crippen LogP contribution in [0.15, 0.2) is 22.7 Å². The number of anilines is 1. The van der Waals surface area contributed by atoms with Crippen LogP contribution < -0.4 is 4.90 Å². The van der Waals surface area contributed by atoms with Crippen molar-refractivity contribution in [2.24, 2.45) is 0 Å². The molecule has 0 radical (unpaired) electrons. The molecule has 0 atom stereocenters. The van der Waals surface area contributed by atoms with Gasteiger partial charge in [-0.1, -0.05) is 22.0 Å². The summed E-state index contributed by atoms with van der Waals surface area (Å²) in [4.78, 5) is 2.18.